The summed E-state index contributed by atoms with van der Waals surface area (Å²) in [4.78, 5) is 14.4. The van der Waals surface area contributed by atoms with Gasteiger partial charge in [-0.05, 0) is 32.0 Å². The predicted octanol–water partition coefficient (Wildman–Crippen LogP) is 1.83. The standard InChI is InChI=1S/C15H18N6/c1-5-18-21-8-4-14(19-15(1)21)12-2-6-20(7-3-12)10-13-9-16-11-17-13/h1,4-5,8-9,11-12H,2-3,6-7,10H2,(H,16,17). The second-order valence-corrected chi connectivity index (χ2v) is 5.61. The molecule has 6 heteroatoms. The minimum absolute atomic E-state index is 0.558. The minimum Gasteiger partial charge on any atom is -0.347 e. The maximum absolute atomic E-state index is 4.73. The summed E-state index contributed by atoms with van der Waals surface area (Å²) in [5.41, 5.74) is 3.32. The summed E-state index contributed by atoms with van der Waals surface area (Å²) in [7, 11) is 0. The molecule has 4 heterocycles. The number of H-pyrrole nitrogens is 1. The van der Waals surface area contributed by atoms with Gasteiger partial charge in [0, 0.05) is 42.3 Å². The molecule has 0 spiro atoms. The van der Waals surface area contributed by atoms with Crippen LogP contribution < -0.4 is 0 Å². The van der Waals surface area contributed by atoms with E-state index in [4.69, 9.17) is 4.98 Å². The van der Waals surface area contributed by atoms with Crippen LogP contribution in [0.5, 0.6) is 0 Å². The molecule has 4 rings (SSSR count). The van der Waals surface area contributed by atoms with Crippen molar-refractivity contribution in [3.05, 3.63) is 48.4 Å². The van der Waals surface area contributed by atoms with Crippen molar-refractivity contribution in [1.29, 1.82) is 0 Å². The van der Waals surface area contributed by atoms with Crippen LogP contribution in [0.25, 0.3) is 5.65 Å². The summed E-state index contributed by atoms with van der Waals surface area (Å²) in [6, 6.07) is 4.06. The van der Waals surface area contributed by atoms with Crippen LogP contribution in [0, 0.1) is 0 Å². The van der Waals surface area contributed by atoms with Crippen LogP contribution in [0.1, 0.15) is 30.1 Å². The van der Waals surface area contributed by atoms with E-state index in [2.05, 4.69) is 26.0 Å². The van der Waals surface area contributed by atoms with E-state index in [-0.39, 0.29) is 0 Å². The van der Waals surface area contributed by atoms with Crippen molar-refractivity contribution >= 4 is 5.65 Å². The molecule has 1 fully saturated rings. The van der Waals surface area contributed by atoms with Crippen LogP contribution in [0.15, 0.2) is 37.1 Å². The predicted molar refractivity (Wildman–Crippen MR) is 78.8 cm³/mol. The highest BCUT2D eigenvalue weighted by atomic mass is 15.2. The van der Waals surface area contributed by atoms with Gasteiger partial charge in [-0.15, -0.1) is 0 Å². The Morgan fingerprint density at radius 3 is 2.95 bits per heavy atom. The van der Waals surface area contributed by atoms with Gasteiger partial charge in [0.1, 0.15) is 0 Å². The molecule has 3 aromatic rings. The third-order valence-corrected chi connectivity index (χ3v) is 4.23. The summed E-state index contributed by atoms with van der Waals surface area (Å²) in [6.07, 6.45) is 9.76. The maximum atomic E-state index is 4.73. The molecule has 21 heavy (non-hydrogen) atoms. The zero-order valence-corrected chi connectivity index (χ0v) is 11.8. The Kier molecular flexibility index (Phi) is 3.16. The number of nitrogens with zero attached hydrogens (tertiary/aromatic N) is 5. The zero-order valence-electron chi connectivity index (χ0n) is 11.8. The first-order chi connectivity index (χ1) is 10.4. The Hall–Kier alpha value is -2.21. The molecule has 6 nitrogen and oxygen atoms in total. The topological polar surface area (TPSA) is 62.1 Å². The Morgan fingerprint density at radius 1 is 1.24 bits per heavy atom. The van der Waals surface area contributed by atoms with E-state index in [0.29, 0.717) is 5.92 Å². The largest absolute Gasteiger partial charge is 0.347 e. The van der Waals surface area contributed by atoms with Gasteiger partial charge in [0.25, 0.3) is 0 Å². The zero-order chi connectivity index (χ0) is 14.1. The van der Waals surface area contributed by atoms with Gasteiger partial charge in [-0.2, -0.15) is 5.10 Å². The fourth-order valence-corrected chi connectivity index (χ4v) is 3.05. The number of likely N-dealkylation sites (tertiary alicyclic amines) is 1. The Morgan fingerprint density at radius 2 is 2.14 bits per heavy atom. The monoisotopic (exact) mass is 282 g/mol. The van der Waals surface area contributed by atoms with Crippen LogP contribution in [0.3, 0.4) is 0 Å². The number of nitrogens with one attached hydrogen (secondary N) is 1. The number of aromatic nitrogens is 5. The molecule has 1 aliphatic heterocycles. The number of piperidine rings is 1. The molecule has 0 bridgehead atoms. The highest BCUT2D eigenvalue weighted by Crippen LogP contribution is 2.27. The molecule has 0 aliphatic carbocycles. The molecule has 108 valence electrons. The lowest BCUT2D eigenvalue weighted by Gasteiger charge is -2.31. The highest BCUT2D eigenvalue weighted by molar-refractivity contribution is 5.37. The van der Waals surface area contributed by atoms with Crippen molar-refractivity contribution in [3.8, 4) is 0 Å². The lowest BCUT2D eigenvalue weighted by molar-refractivity contribution is 0.201. The first-order valence-corrected chi connectivity index (χ1v) is 7.38. The smallest absolute Gasteiger partial charge is 0.155 e. The number of hydrogen-bond acceptors (Lipinski definition) is 4. The van der Waals surface area contributed by atoms with E-state index in [1.54, 1.807) is 12.5 Å². The van der Waals surface area contributed by atoms with Gasteiger partial charge in [-0.3, -0.25) is 4.90 Å². The lowest BCUT2D eigenvalue weighted by Crippen LogP contribution is -2.32. The van der Waals surface area contributed by atoms with Gasteiger partial charge < -0.3 is 4.98 Å². The average Bonchev–Trinajstić information content (AvgIpc) is 3.18. The number of fused-ring (bicyclic) bond motifs is 1. The normalized spacial score (nSPS) is 17.5. The molecular formula is C15H18N6. The summed E-state index contributed by atoms with van der Waals surface area (Å²) in [5.74, 6) is 0.558. The van der Waals surface area contributed by atoms with Gasteiger partial charge in [-0.25, -0.2) is 14.5 Å². The highest BCUT2D eigenvalue weighted by Gasteiger charge is 2.22. The third-order valence-electron chi connectivity index (χ3n) is 4.23. The molecule has 0 aromatic carbocycles. The second kappa shape index (κ2) is 5.29. The Labute approximate surface area is 122 Å². The van der Waals surface area contributed by atoms with E-state index in [9.17, 15) is 0 Å². The quantitative estimate of drug-likeness (QED) is 0.796. The molecular weight excluding hydrogens is 264 g/mol. The Bertz CT molecular complexity index is 709. The molecule has 0 unspecified atom stereocenters. The van der Waals surface area contributed by atoms with Crippen LogP contribution >= 0.6 is 0 Å². The second-order valence-electron chi connectivity index (χ2n) is 5.61. The van der Waals surface area contributed by atoms with Crippen molar-refractivity contribution in [2.24, 2.45) is 0 Å². The molecule has 0 atom stereocenters. The first-order valence-electron chi connectivity index (χ1n) is 7.38. The van der Waals surface area contributed by atoms with Crippen LogP contribution in [0.2, 0.25) is 0 Å². The van der Waals surface area contributed by atoms with Crippen molar-refractivity contribution in [3.63, 3.8) is 0 Å². The summed E-state index contributed by atoms with van der Waals surface area (Å²) < 4.78 is 1.82. The molecule has 1 aliphatic rings. The summed E-state index contributed by atoms with van der Waals surface area (Å²) in [6.45, 7) is 3.17. The molecule has 1 N–H and O–H groups in total. The first kappa shape index (κ1) is 12.5. The number of hydrogen-bond donors (Lipinski definition) is 1. The molecule has 3 aromatic heterocycles. The van der Waals surface area contributed by atoms with E-state index in [0.717, 1.165) is 38.1 Å². The van der Waals surface area contributed by atoms with Crippen molar-refractivity contribution in [2.45, 2.75) is 25.3 Å². The van der Waals surface area contributed by atoms with Gasteiger partial charge >= 0.3 is 0 Å². The molecule has 0 amide bonds. The van der Waals surface area contributed by atoms with Crippen molar-refractivity contribution in [1.82, 2.24) is 29.5 Å². The van der Waals surface area contributed by atoms with Crippen molar-refractivity contribution in [2.75, 3.05) is 13.1 Å². The van der Waals surface area contributed by atoms with Gasteiger partial charge in [0.05, 0.1) is 12.5 Å². The van der Waals surface area contributed by atoms with Gasteiger partial charge in [0.15, 0.2) is 5.65 Å². The van der Waals surface area contributed by atoms with Crippen molar-refractivity contribution < 1.29 is 0 Å². The fraction of sp³-hybridized carbons (Fsp3) is 0.400. The SMILES string of the molecule is c1cc2nc(C3CCN(Cc4cnc[nH]4)CC3)ccn2n1. The molecule has 0 radical (unpaired) electrons. The fourth-order valence-electron chi connectivity index (χ4n) is 3.05. The van der Waals surface area contributed by atoms with Gasteiger partial charge in [-0.1, -0.05) is 0 Å². The number of rotatable bonds is 3. The summed E-state index contributed by atoms with van der Waals surface area (Å²) in [5, 5.41) is 4.20. The van der Waals surface area contributed by atoms with E-state index >= 15 is 0 Å². The molecule has 1 saturated heterocycles. The van der Waals surface area contributed by atoms with Crippen LogP contribution in [-0.2, 0) is 6.54 Å². The van der Waals surface area contributed by atoms with Gasteiger partial charge in [0.2, 0.25) is 0 Å². The number of aromatic amines is 1. The molecule has 0 saturated carbocycles. The summed E-state index contributed by atoms with van der Waals surface area (Å²) >= 11 is 0. The minimum atomic E-state index is 0.558. The van der Waals surface area contributed by atoms with E-state index in [1.807, 2.05) is 23.0 Å². The van der Waals surface area contributed by atoms with E-state index in [1.165, 1.54) is 11.4 Å². The third kappa shape index (κ3) is 2.54. The van der Waals surface area contributed by atoms with Crippen LogP contribution in [0.4, 0.5) is 0 Å². The lowest BCUT2D eigenvalue weighted by atomic mass is 9.93. The van der Waals surface area contributed by atoms with Crippen LogP contribution in [-0.4, -0.2) is 42.6 Å². The van der Waals surface area contributed by atoms with E-state index < -0.39 is 0 Å². The Balaban J connectivity index is 1.42. The number of imidazole rings is 1. The average molecular weight is 282 g/mol. The maximum Gasteiger partial charge on any atom is 0.155 e.